The van der Waals surface area contributed by atoms with Crippen molar-refractivity contribution in [3.63, 3.8) is 0 Å². The second kappa shape index (κ2) is 14.1. The zero-order valence-corrected chi connectivity index (χ0v) is 17.6. The summed E-state index contributed by atoms with van der Waals surface area (Å²) in [6.45, 7) is 9.61. The zero-order chi connectivity index (χ0) is 20.4. The lowest BCUT2D eigenvalue weighted by molar-refractivity contribution is -0.159. The summed E-state index contributed by atoms with van der Waals surface area (Å²) in [6.07, 6.45) is 2.13. The van der Waals surface area contributed by atoms with Crippen LogP contribution in [0.5, 0.6) is 0 Å². The van der Waals surface area contributed by atoms with Crippen LogP contribution in [0.25, 0.3) is 0 Å². The molecule has 2 aliphatic rings. The molecule has 6 heteroatoms. The highest BCUT2D eigenvalue weighted by atomic mass is 16.7. The first-order valence-electron chi connectivity index (χ1n) is 10.1. The van der Waals surface area contributed by atoms with Gasteiger partial charge >= 0.3 is 11.9 Å². The van der Waals surface area contributed by atoms with Crippen LogP contribution in [-0.4, -0.2) is 42.7 Å². The highest BCUT2D eigenvalue weighted by Gasteiger charge is 2.53. The van der Waals surface area contributed by atoms with Gasteiger partial charge in [0.2, 0.25) is 0 Å². The van der Waals surface area contributed by atoms with Crippen molar-refractivity contribution in [2.24, 2.45) is 35.5 Å². The first-order chi connectivity index (χ1) is 12.5. The molecule has 0 heterocycles. The minimum atomic E-state index is -0.680. The Balaban J connectivity index is -0.00000196. The fourth-order valence-corrected chi connectivity index (χ4v) is 5.11. The summed E-state index contributed by atoms with van der Waals surface area (Å²) in [5.41, 5.74) is -0.541. The normalized spacial score (nSPS) is 28.0. The molecule has 0 radical (unpaired) electrons. The van der Waals surface area contributed by atoms with Crippen LogP contribution < -0.4 is 0 Å². The van der Waals surface area contributed by atoms with Gasteiger partial charge in [-0.05, 0) is 69.6 Å². The molecule has 7 atom stereocenters. The summed E-state index contributed by atoms with van der Waals surface area (Å²) in [4.78, 5) is 24.2. The van der Waals surface area contributed by atoms with E-state index in [1.54, 1.807) is 0 Å². The van der Waals surface area contributed by atoms with Gasteiger partial charge in [-0.25, -0.2) is 0 Å². The molecule has 6 nitrogen and oxygen atoms in total. The van der Waals surface area contributed by atoms with Gasteiger partial charge in [0.05, 0.1) is 18.4 Å². The predicted molar refractivity (Wildman–Crippen MR) is 127 cm³/mol. The maximum atomic E-state index is 12.1. The Bertz CT molecular complexity index is 527. The van der Waals surface area contributed by atoms with E-state index in [0.29, 0.717) is 23.7 Å². The minimum absolute atomic E-state index is 0. The first kappa shape index (κ1) is 34.5. The molecule has 31 heavy (non-hydrogen) atoms. The molecule has 7 unspecified atom stereocenters. The second-order valence-electron chi connectivity index (χ2n) is 9.45. The van der Waals surface area contributed by atoms with E-state index in [1.165, 1.54) is 7.11 Å². The van der Waals surface area contributed by atoms with Crippen LogP contribution in [0, 0.1) is 35.5 Å². The van der Waals surface area contributed by atoms with Gasteiger partial charge in [0.25, 0.3) is 0 Å². The van der Waals surface area contributed by atoms with Gasteiger partial charge in [-0.1, -0.05) is 43.6 Å². The van der Waals surface area contributed by atoms with E-state index in [1.807, 2.05) is 27.7 Å². The average molecular weight is 449 g/mol. The molecule has 0 amide bonds. The molecule has 2 rings (SSSR count). The van der Waals surface area contributed by atoms with Crippen LogP contribution in [0.2, 0.25) is 0 Å². The number of hydrogen-bond acceptors (Lipinski definition) is 6. The summed E-state index contributed by atoms with van der Waals surface area (Å²) < 4.78 is 15.2. The molecule has 188 valence electrons. The van der Waals surface area contributed by atoms with E-state index < -0.39 is 11.7 Å². The number of rotatable bonds is 8. The fourth-order valence-electron chi connectivity index (χ4n) is 5.11. The van der Waals surface area contributed by atoms with Gasteiger partial charge in [0, 0.05) is 7.11 Å². The summed E-state index contributed by atoms with van der Waals surface area (Å²) in [7, 11) is 1.49. The van der Waals surface area contributed by atoms with E-state index in [4.69, 9.17) is 14.2 Å². The van der Waals surface area contributed by atoms with Gasteiger partial charge in [0.1, 0.15) is 5.60 Å². The van der Waals surface area contributed by atoms with Crippen LogP contribution in [-0.2, 0) is 23.8 Å². The van der Waals surface area contributed by atoms with E-state index >= 15 is 0 Å². The van der Waals surface area contributed by atoms with Crippen molar-refractivity contribution >= 4 is 11.9 Å². The first-order valence-corrected chi connectivity index (χ1v) is 10.1. The number of fused-ring (bicyclic) bond motifs is 2. The number of hydrogen-bond donors (Lipinski definition) is 1. The van der Waals surface area contributed by atoms with Crippen molar-refractivity contribution in [1.82, 2.24) is 0 Å². The number of carbonyl (C=O) groups excluding carboxylic acids is 2. The number of aliphatic hydroxyl groups excluding tert-OH is 1. The molecule has 0 aromatic rings. The molecule has 2 bridgehead atoms. The number of aliphatic hydroxyl groups is 1. The van der Waals surface area contributed by atoms with Gasteiger partial charge in [0.15, 0.2) is 6.79 Å². The molecule has 2 fully saturated rings. The molecule has 0 aromatic carbocycles. The number of esters is 2. The molecular formula is C25H52O6. The molecule has 0 aliphatic heterocycles. The highest BCUT2D eigenvalue weighted by molar-refractivity contribution is 5.72. The van der Waals surface area contributed by atoms with Crippen LogP contribution in [0.4, 0.5) is 0 Å². The van der Waals surface area contributed by atoms with E-state index in [9.17, 15) is 14.7 Å². The number of methoxy groups -OCH3 is 1. The molecule has 2 aliphatic carbocycles. The van der Waals surface area contributed by atoms with Gasteiger partial charge < -0.3 is 19.3 Å². The zero-order valence-electron chi connectivity index (χ0n) is 17.6. The lowest BCUT2D eigenvalue weighted by atomic mass is 9.69. The van der Waals surface area contributed by atoms with Gasteiger partial charge in [-0.3, -0.25) is 9.59 Å². The minimum Gasteiger partial charge on any atom is -0.460 e. The second-order valence-corrected chi connectivity index (χ2v) is 9.45. The molecule has 0 saturated heterocycles. The standard InChI is InChI=1S/C21H36O6.4CH4/c1-12(20(24)26-11-25-6)7-15-13(2)14-8-16(15)17(9-14)18(22)10-19(23)27-21(3,4)5;;;;/h12-18,22H,7-11H2,1-6H3;4*1H4. The quantitative estimate of drug-likeness (QED) is 0.378. The number of ether oxygens (including phenoxy) is 3. The Morgan fingerprint density at radius 1 is 1.10 bits per heavy atom. The SMILES string of the molecule is C.C.C.C.COCOC(=O)C(C)CC1C(C)C2CC(C(O)CC(=O)OC(C)(C)C)C1C2. The lowest BCUT2D eigenvalue weighted by Gasteiger charge is -2.37. The Kier molecular flexibility index (Phi) is 15.7. The summed E-state index contributed by atoms with van der Waals surface area (Å²) >= 11 is 0. The smallest absolute Gasteiger partial charge is 0.310 e. The van der Waals surface area contributed by atoms with Crippen molar-refractivity contribution in [1.29, 1.82) is 0 Å². The van der Waals surface area contributed by atoms with E-state index in [0.717, 1.165) is 19.3 Å². The van der Waals surface area contributed by atoms with Crippen LogP contribution in [0.15, 0.2) is 0 Å². The molecule has 0 spiro atoms. The van der Waals surface area contributed by atoms with Gasteiger partial charge in [-0.2, -0.15) is 0 Å². The maximum Gasteiger partial charge on any atom is 0.310 e. The maximum absolute atomic E-state index is 12.1. The van der Waals surface area contributed by atoms with Crippen LogP contribution in [0.3, 0.4) is 0 Å². The van der Waals surface area contributed by atoms with Crippen molar-refractivity contribution < 1.29 is 28.9 Å². The Hall–Kier alpha value is -1.14. The Labute approximate surface area is 192 Å². The third-order valence-electron chi connectivity index (χ3n) is 6.31. The van der Waals surface area contributed by atoms with Crippen molar-refractivity contribution in [2.75, 3.05) is 13.9 Å². The Morgan fingerprint density at radius 3 is 2.16 bits per heavy atom. The largest absolute Gasteiger partial charge is 0.460 e. The topological polar surface area (TPSA) is 82.1 Å². The molecule has 1 N–H and O–H groups in total. The third-order valence-corrected chi connectivity index (χ3v) is 6.31. The van der Waals surface area contributed by atoms with Gasteiger partial charge in [-0.15, -0.1) is 0 Å². The third kappa shape index (κ3) is 9.09. The Morgan fingerprint density at radius 2 is 1.68 bits per heavy atom. The predicted octanol–water partition coefficient (Wildman–Crippen LogP) is 5.71. The molecule has 0 aromatic heterocycles. The van der Waals surface area contributed by atoms with Crippen LogP contribution in [0.1, 0.15) is 90.0 Å². The number of carbonyl (C=O) groups is 2. The molecule has 2 saturated carbocycles. The van der Waals surface area contributed by atoms with E-state index in [2.05, 4.69) is 6.92 Å². The van der Waals surface area contributed by atoms with E-state index in [-0.39, 0.29) is 66.7 Å². The van der Waals surface area contributed by atoms with Crippen molar-refractivity contribution in [2.45, 2.75) is 102 Å². The fraction of sp³-hybridized carbons (Fsp3) is 0.920. The molecular weight excluding hydrogens is 396 g/mol. The average Bonchev–Trinajstić information content (AvgIpc) is 3.10. The lowest BCUT2D eigenvalue weighted by Crippen LogP contribution is -2.37. The van der Waals surface area contributed by atoms with Crippen molar-refractivity contribution in [3.05, 3.63) is 0 Å². The van der Waals surface area contributed by atoms with Crippen LogP contribution >= 0.6 is 0 Å². The van der Waals surface area contributed by atoms with Crippen molar-refractivity contribution in [3.8, 4) is 0 Å². The highest BCUT2D eigenvalue weighted by Crippen LogP contribution is 2.58. The summed E-state index contributed by atoms with van der Waals surface area (Å²) in [6, 6.07) is 0. The monoisotopic (exact) mass is 448 g/mol. The summed E-state index contributed by atoms with van der Waals surface area (Å²) in [5, 5.41) is 10.7. The summed E-state index contributed by atoms with van der Waals surface area (Å²) in [5.74, 6) is 1.11.